The van der Waals surface area contributed by atoms with E-state index in [9.17, 15) is 4.79 Å². The van der Waals surface area contributed by atoms with E-state index in [0.717, 1.165) is 21.9 Å². The molecule has 1 aromatic heterocycles. The molecule has 0 aliphatic heterocycles. The summed E-state index contributed by atoms with van der Waals surface area (Å²) in [4.78, 5) is 12.6. The average molecular weight is 391 g/mol. The zero-order valence-electron chi connectivity index (χ0n) is 15.3. The van der Waals surface area contributed by atoms with Crippen molar-refractivity contribution in [2.75, 3.05) is 0 Å². The highest BCUT2D eigenvalue weighted by Crippen LogP contribution is 2.24. The average Bonchev–Trinajstić information content (AvgIpc) is 3.18. The molecule has 28 heavy (non-hydrogen) atoms. The van der Waals surface area contributed by atoms with E-state index in [-0.39, 0.29) is 17.6 Å². The van der Waals surface area contributed by atoms with Gasteiger partial charge < -0.3 is 5.32 Å². The summed E-state index contributed by atoms with van der Waals surface area (Å²) in [6.45, 7) is 2.42. The fraction of sp³-hybridized carbons (Fsp3) is 0.136. The number of carbonyl (C=O) groups is 1. The number of nitrogens with one attached hydrogen (secondary N) is 1. The Morgan fingerprint density at radius 3 is 2.68 bits per heavy atom. The predicted molar refractivity (Wildman–Crippen MR) is 110 cm³/mol. The Kier molecular flexibility index (Phi) is 5.08. The minimum absolute atomic E-state index is 0.160. The molecule has 1 amide bonds. The monoisotopic (exact) mass is 390 g/mol. The van der Waals surface area contributed by atoms with Gasteiger partial charge in [-0.2, -0.15) is 0 Å². The number of hydrogen-bond donors (Lipinski definition) is 1. The molecule has 4 aromatic rings. The van der Waals surface area contributed by atoms with Gasteiger partial charge in [0.1, 0.15) is 0 Å². The molecule has 0 aliphatic rings. The molecule has 3 aromatic carbocycles. The Morgan fingerprint density at radius 2 is 1.82 bits per heavy atom. The second kappa shape index (κ2) is 7.82. The number of benzene rings is 3. The van der Waals surface area contributed by atoms with Crippen molar-refractivity contribution >= 4 is 28.3 Å². The van der Waals surface area contributed by atoms with Gasteiger partial charge in [-0.3, -0.25) is 4.79 Å². The second-order valence-electron chi connectivity index (χ2n) is 6.66. The van der Waals surface area contributed by atoms with Crippen LogP contribution in [-0.4, -0.2) is 20.9 Å². The van der Waals surface area contributed by atoms with Gasteiger partial charge in [-0.1, -0.05) is 77.5 Å². The molecule has 1 atom stereocenters. The molecule has 0 radical (unpaired) electrons. The van der Waals surface area contributed by atoms with Crippen LogP contribution in [0.4, 0.5) is 0 Å². The fourth-order valence-electron chi connectivity index (χ4n) is 3.26. The fourth-order valence-corrected chi connectivity index (χ4v) is 3.45. The summed E-state index contributed by atoms with van der Waals surface area (Å²) in [5.74, 6) is -0.258. The van der Waals surface area contributed by atoms with Crippen LogP contribution in [0, 0.1) is 0 Å². The van der Waals surface area contributed by atoms with Crippen molar-refractivity contribution < 1.29 is 4.79 Å². The van der Waals surface area contributed by atoms with Crippen molar-refractivity contribution in [3.05, 3.63) is 94.8 Å². The van der Waals surface area contributed by atoms with Crippen LogP contribution >= 0.6 is 11.6 Å². The maximum Gasteiger partial charge on any atom is 0.273 e. The molecular weight excluding hydrogens is 372 g/mol. The SMILES string of the molecule is C[C@@H](NC(=O)c1cn(Cc2ccccc2Cl)nn1)c1cccc2ccccc12. The van der Waals surface area contributed by atoms with E-state index < -0.39 is 0 Å². The number of nitrogens with zero attached hydrogens (tertiary/aromatic N) is 3. The van der Waals surface area contributed by atoms with E-state index >= 15 is 0 Å². The first-order chi connectivity index (χ1) is 13.6. The predicted octanol–water partition coefficient (Wildman–Crippen LogP) is 4.62. The Bertz CT molecular complexity index is 1130. The largest absolute Gasteiger partial charge is 0.344 e. The van der Waals surface area contributed by atoms with E-state index in [1.165, 1.54) is 0 Å². The Morgan fingerprint density at radius 1 is 1.07 bits per heavy atom. The lowest BCUT2D eigenvalue weighted by Gasteiger charge is -2.15. The molecule has 4 rings (SSSR count). The molecule has 6 heteroatoms. The van der Waals surface area contributed by atoms with Crippen molar-refractivity contribution in [3.63, 3.8) is 0 Å². The number of amides is 1. The van der Waals surface area contributed by atoms with Crippen molar-refractivity contribution in [2.45, 2.75) is 19.5 Å². The highest BCUT2D eigenvalue weighted by atomic mass is 35.5. The van der Waals surface area contributed by atoms with E-state index in [4.69, 9.17) is 11.6 Å². The smallest absolute Gasteiger partial charge is 0.273 e. The molecule has 1 heterocycles. The molecule has 0 unspecified atom stereocenters. The first-order valence-electron chi connectivity index (χ1n) is 9.04. The number of hydrogen-bond acceptors (Lipinski definition) is 3. The Hall–Kier alpha value is -3.18. The summed E-state index contributed by atoms with van der Waals surface area (Å²) in [7, 11) is 0. The lowest BCUT2D eigenvalue weighted by Crippen LogP contribution is -2.27. The maximum atomic E-state index is 12.6. The summed E-state index contributed by atoms with van der Waals surface area (Å²) in [6, 6.07) is 21.6. The van der Waals surface area contributed by atoms with Crippen LogP contribution in [0.1, 0.15) is 34.6 Å². The van der Waals surface area contributed by atoms with E-state index in [2.05, 4.69) is 33.8 Å². The number of halogens is 1. The Labute approximate surface area is 167 Å². The van der Waals surface area contributed by atoms with Gasteiger partial charge in [0.15, 0.2) is 5.69 Å². The van der Waals surface area contributed by atoms with Crippen molar-refractivity contribution in [1.82, 2.24) is 20.3 Å². The minimum Gasteiger partial charge on any atom is -0.344 e. The van der Waals surface area contributed by atoms with Crippen LogP contribution in [0.3, 0.4) is 0 Å². The molecule has 0 aliphatic carbocycles. The summed E-state index contributed by atoms with van der Waals surface area (Å²) < 4.78 is 1.61. The van der Waals surface area contributed by atoms with Gasteiger partial charge in [0.05, 0.1) is 18.8 Å². The van der Waals surface area contributed by atoms with Crippen LogP contribution in [0.25, 0.3) is 10.8 Å². The molecule has 140 valence electrons. The van der Waals surface area contributed by atoms with Crippen LogP contribution in [-0.2, 0) is 6.54 Å². The lowest BCUT2D eigenvalue weighted by molar-refractivity contribution is 0.0935. The van der Waals surface area contributed by atoms with E-state index in [0.29, 0.717) is 11.6 Å². The highest BCUT2D eigenvalue weighted by Gasteiger charge is 2.16. The zero-order chi connectivity index (χ0) is 19.5. The van der Waals surface area contributed by atoms with Gasteiger partial charge in [-0.25, -0.2) is 4.68 Å². The lowest BCUT2D eigenvalue weighted by atomic mass is 9.99. The van der Waals surface area contributed by atoms with Gasteiger partial charge in [0.25, 0.3) is 5.91 Å². The van der Waals surface area contributed by atoms with Gasteiger partial charge in [0, 0.05) is 5.02 Å². The molecular formula is C22H19ClN4O. The van der Waals surface area contributed by atoms with Gasteiger partial charge >= 0.3 is 0 Å². The first kappa shape index (κ1) is 18.2. The van der Waals surface area contributed by atoms with Crippen molar-refractivity contribution in [3.8, 4) is 0 Å². The molecule has 0 spiro atoms. The third-order valence-corrected chi connectivity index (χ3v) is 5.07. The first-order valence-corrected chi connectivity index (χ1v) is 9.41. The topological polar surface area (TPSA) is 59.8 Å². The number of carbonyl (C=O) groups excluding carboxylic acids is 1. The van der Waals surface area contributed by atoms with Crippen molar-refractivity contribution in [2.24, 2.45) is 0 Å². The van der Waals surface area contributed by atoms with Crippen LogP contribution < -0.4 is 5.32 Å². The van der Waals surface area contributed by atoms with Gasteiger partial charge in [0.2, 0.25) is 0 Å². The van der Waals surface area contributed by atoms with Crippen molar-refractivity contribution in [1.29, 1.82) is 0 Å². The number of rotatable bonds is 5. The molecule has 0 saturated carbocycles. The van der Waals surface area contributed by atoms with E-state index in [1.807, 2.05) is 55.5 Å². The Balaban J connectivity index is 1.49. The van der Waals surface area contributed by atoms with Crippen LogP contribution in [0.5, 0.6) is 0 Å². The molecule has 5 nitrogen and oxygen atoms in total. The molecule has 0 fully saturated rings. The summed E-state index contributed by atoms with van der Waals surface area (Å²) in [6.07, 6.45) is 1.63. The zero-order valence-corrected chi connectivity index (χ0v) is 16.1. The highest BCUT2D eigenvalue weighted by molar-refractivity contribution is 6.31. The summed E-state index contributed by atoms with van der Waals surface area (Å²) in [5.41, 5.74) is 2.26. The second-order valence-corrected chi connectivity index (χ2v) is 7.06. The van der Waals surface area contributed by atoms with Gasteiger partial charge in [-0.05, 0) is 34.9 Å². The standard InChI is InChI=1S/C22H19ClN4O/c1-15(18-11-6-9-16-7-2-4-10-19(16)18)24-22(28)21-14-27(26-25-21)13-17-8-3-5-12-20(17)23/h2-12,14-15H,13H2,1H3,(H,24,28)/t15-/m1/s1. The molecule has 1 N–H and O–H groups in total. The van der Waals surface area contributed by atoms with E-state index in [1.54, 1.807) is 10.9 Å². The summed E-state index contributed by atoms with van der Waals surface area (Å²) >= 11 is 6.19. The van der Waals surface area contributed by atoms with Crippen LogP contribution in [0.15, 0.2) is 72.9 Å². The quantitative estimate of drug-likeness (QED) is 0.540. The van der Waals surface area contributed by atoms with Gasteiger partial charge in [-0.15, -0.1) is 5.10 Å². The summed E-state index contributed by atoms with van der Waals surface area (Å²) in [5, 5.41) is 14.0. The normalized spacial score (nSPS) is 12.1. The third-order valence-electron chi connectivity index (χ3n) is 4.70. The number of fused-ring (bicyclic) bond motifs is 1. The number of aromatic nitrogens is 3. The maximum absolute atomic E-state index is 12.6. The van der Waals surface area contributed by atoms with Crippen LogP contribution in [0.2, 0.25) is 5.02 Å². The third kappa shape index (κ3) is 3.75. The molecule has 0 bridgehead atoms. The molecule has 0 saturated heterocycles. The minimum atomic E-state index is -0.258.